The lowest BCUT2D eigenvalue weighted by molar-refractivity contribution is 0.587. The predicted molar refractivity (Wildman–Crippen MR) is 227 cm³/mol. The van der Waals surface area contributed by atoms with Crippen LogP contribution in [-0.4, -0.2) is 0 Å². The van der Waals surface area contributed by atoms with Gasteiger partial charge in [0.05, 0.1) is 0 Å². The van der Waals surface area contributed by atoms with Crippen molar-refractivity contribution in [3.63, 3.8) is 0 Å². The van der Waals surface area contributed by atoms with E-state index in [0.717, 1.165) is 22.3 Å². The van der Waals surface area contributed by atoms with E-state index in [2.05, 4.69) is 140 Å². The highest BCUT2D eigenvalue weighted by molar-refractivity contribution is 7.82. The van der Waals surface area contributed by atoms with Crippen LogP contribution in [0.4, 0.5) is 0 Å². The molecule has 0 aromatic heterocycles. The van der Waals surface area contributed by atoms with Crippen LogP contribution in [0.2, 0.25) is 0 Å². The maximum absolute atomic E-state index is 14.9. The standard InChI is InChI=1S/C25H21OP.C25H21P/c26-27(22-12-6-2-7-13-22,23-14-8-3-9-15-23)25-21-17-16-20(18-21)24(25)19-10-4-1-5-11-19;1-4-10-19(11-5-1)24-20-16-17-21(18-20)25(24)26(22-12-6-2-7-13-22)23-14-8-3-9-15-23/h1-17,20-21H,18H2;1-17,20-21H,18H2. The van der Waals surface area contributed by atoms with Crippen LogP contribution in [0, 0.1) is 23.7 Å². The fraction of sp³-hybridized carbons (Fsp3) is 0.120. The van der Waals surface area contributed by atoms with Gasteiger partial charge in [-0.3, -0.25) is 0 Å². The number of fused-ring (bicyclic) bond motifs is 4. The first-order chi connectivity index (χ1) is 26.2. The van der Waals surface area contributed by atoms with Crippen molar-refractivity contribution in [1.82, 2.24) is 0 Å². The summed E-state index contributed by atoms with van der Waals surface area (Å²) in [6.45, 7) is 0. The van der Waals surface area contributed by atoms with Gasteiger partial charge >= 0.3 is 0 Å². The number of hydrogen-bond donors (Lipinski definition) is 0. The SMILES string of the molecule is C1=CC2CC1C(c1ccccc1)=C2P(c1ccccc1)c1ccccc1.O=P(C1=C(c2ccccc2)C2C=CC1C2)(c1ccccc1)c1ccccc1. The van der Waals surface area contributed by atoms with E-state index in [1.54, 1.807) is 10.9 Å². The zero-order valence-corrected chi connectivity index (χ0v) is 31.4. The Hall–Kier alpha value is -5.06. The Bertz CT molecular complexity index is 2280. The number of benzene rings is 6. The Balaban J connectivity index is 0.000000141. The molecule has 1 nitrogen and oxygen atoms in total. The average molecular weight is 721 g/mol. The molecular formula is C50H42OP2. The molecule has 4 aliphatic carbocycles. The van der Waals surface area contributed by atoms with Gasteiger partial charge in [0, 0.05) is 39.6 Å². The van der Waals surface area contributed by atoms with Crippen LogP contribution >= 0.6 is 15.1 Å². The van der Waals surface area contributed by atoms with E-state index in [-0.39, 0.29) is 5.92 Å². The van der Waals surface area contributed by atoms with Crippen molar-refractivity contribution >= 4 is 47.4 Å². The van der Waals surface area contributed by atoms with Gasteiger partial charge in [-0.1, -0.05) is 206 Å². The molecule has 0 heterocycles. The molecule has 258 valence electrons. The summed E-state index contributed by atoms with van der Waals surface area (Å²) in [5.74, 6) is 1.79. The van der Waals surface area contributed by atoms with Crippen molar-refractivity contribution < 1.29 is 4.57 Å². The van der Waals surface area contributed by atoms with Crippen LogP contribution in [0.15, 0.2) is 217 Å². The highest BCUT2D eigenvalue weighted by Gasteiger charge is 2.46. The summed E-state index contributed by atoms with van der Waals surface area (Å²) in [6.07, 6.45) is 11.7. The predicted octanol–water partition coefficient (Wildman–Crippen LogP) is 11.4. The van der Waals surface area contributed by atoms with E-state index in [1.807, 2.05) is 66.7 Å². The van der Waals surface area contributed by atoms with Gasteiger partial charge in [0.15, 0.2) is 7.14 Å². The van der Waals surface area contributed by atoms with E-state index in [1.165, 1.54) is 33.7 Å². The summed E-state index contributed by atoms with van der Waals surface area (Å²) in [4.78, 5) is 0. The molecule has 4 aliphatic rings. The van der Waals surface area contributed by atoms with Gasteiger partial charge in [-0.2, -0.15) is 0 Å². The van der Waals surface area contributed by atoms with Gasteiger partial charge in [-0.25, -0.2) is 0 Å². The Morgan fingerprint density at radius 1 is 0.396 bits per heavy atom. The normalized spacial score (nSPS) is 21.0. The maximum atomic E-state index is 14.9. The van der Waals surface area contributed by atoms with Crippen LogP contribution < -0.4 is 21.2 Å². The molecule has 0 amide bonds. The Kier molecular flexibility index (Phi) is 9.40. The second-order valence-corrected chi connectivity index (χ2v) is 19.2. The molecule has 3 heteroatoms. The van der Waals surface area contributed by atoms with Crippen molar-refractivity contribution in [3.8, 4) is 0 Å². The first-order valence-corrected chi connectivity index (χ1v) is 21.8. The highest BCUT2D eigenvalue weighted by atomic mass is 31.2. The van der Waals surface area contributed by atoms with Gasteiger partial charge in [0.1, 0.15) is 0 Å². The van der Waals surface area contributed by atoms with Crippen molar-refractivity contribution in [2.24, 2.45) is 23.7 Å². The zero-order valence-electron chi connectivity index (χ0n) is 29.7. The first-order valence-electron chi connectivity index (χ1n) is 18.8. The molecule has 0 aliphatic heterocycles. The zero-order chi connectivity index (χ0) is 35.6. The van der Waals surface area contributed by atoms with Gasteiger partial charge < -0.3 is 4.57 Å². The Morgan fingerprint density at radius 3 is 1.25 bits per heavy atom. The minimum atomic E-state index is -2.91. The highest BCUT2D eigenvalue weighted by Crippen LogP contribution is 2.65. The molecule has 6 aromatic carbocycles. The molecule has 0 fully saturated rings. The van der Waals surface area contributed by atoms with Crippen LogP contribution in [0.25, 0.3) is 11.1 Å². The summed E-state index contributed by atoms with van der Waals surface area (Å²) in [5, 5.41) is 7.58. The molecule has 0 saturated heterocycles. The molecule has 0 spiro atoms. The van der Waals surface area contributed by atoms with Crippen LogP contribution in [-0.2, 0) is 4.57 Å². The van der Waals surface area contributed by atoms with Crippen molar-refractivity contribution in [2.45, 2.75) is 12.8 Å². The lowest BCUT2D eigenvalue weighted by atomic mass is 9.95. The topological polar surface area (TPSA) is 17.1 Å². The molecule has 10 rings (SSSR count). The van der Waals surface area contributed by atoms with Crippen LogP contribution in [0.5, 0.6) is 0 Å². The summed E-state index contributed by atoms with van der Waals surface area (Å²) in [5.41, 5.74) is 5.46. The lowest BCUT2D eigenvalue weighted by Crippen LogP contribution is -2.20. The first kappa shape index (κ1) is 33.8. The lowest BCUT2D eigenvalue weighted by Gasteiger charge is -2.27. The largest absolute Gasteiger partial charge is 0.309 e. The minimum absolute atomic E-state index is 0.261. The Labute approximate surface area is 315 Å². The molecular weight excluding hydrogens is 678 g/mol. The van der Waals surface area contributed by atoms with Gasteiger partial charge in [-0.15, -0.1) is 0 Å². The van der Waals surface area contributed by atoms with Crippen LogP contribution in [0.3, 0.4) is 0 Å². The molecule has 0 radical (unpaired) electrons. The summed E-state index contributed by atoms with van der Waals surface area (Å²) < 4.78 is 14.9. The van der Waals surface area contributed by atoms with Crippen LogP contribution in [0.1, 0.15) is 24.0 Å². The molecule has 4 bridgehead atoms. The molecule has 0 saturated carbocycles. The second-order valence-electron chi connectivity index (χ2n) is 14.3. The second kappa shape index (κ2) is 14.8. The van der Waals surface area contributed by atoms with E-state index in [0.29, 0.717) is 17.8 Å². The van der Waals surface area contributed by atoms with Gasteiger partial charge in [-0.05, 0) is 59.0 Å². The van der Waals surface area contributed by atoms with E-state index < -0.39 is 15.1 Å². The van der Waals surface area contributed by atoms with Crippen molar-refractivity contribution in [2.75, 3.05) is 0 Å². The van der Waals surface area contributed by atoms with E-state index in [4.69, 9.17) is 0 Å². The van der Waals surface area contributed by atoms with E-state index >= 15 is 0 Å². The summed E-state index contributed by atoms with van der Waals surface area (Å²) in [6, 6.07) is 63.8. The number of allylic oxidation sites excluding steroid dienone is 8. The number of rotatable bonds is 8. The van der Waals surface area contributed by atoms with Crippen molar-refractivity contribution in [1.29, 1.82) is 0 Å². The van der Waals surface area contributed by atoms with Gasteiger partial charge in [0.25, 0.3) is 0 Å². The van der Waals surface area contributed by atoms with Crippen molar-refractivity contribution in [3.05, 3.63) is 228 Å². The molecule has 4 atom stereocenters. The maximum Gasteiger partial charge on any atom is 0.168 e. The molecule has 53 heavy (non-hydrogen) atoms. The molecule has 6 aromatic rings. The smallest absolute Gasteiger partial charge is 0.168 e. The average Bonchev–Trinajstić information content (AvgIpc) is 4.06. The third-order valence-corrected chi connectivity index (χ3v) is 17.2. The third-order valence-electron chi connectivity index (χ3n) is 11.2. The summed E-state index contributed by atoms with van der Waals surface area (Å²) >= 11 is 0. The Morgan fingerprint density at radius 2 is 0.755 bits per heavy atom. The fourth-order valence-electron chi connectivity index (χ4n) is 8.94. The number of hydrogen-bond acceptors (Lipinski definition) is 1. The summed E-state index contributed by atoms with van der Waals surface area (Å²) in [7, 11) is -3.41. The van der Waals surface area contributed by atoms with E-state index in [9.17, 15) is 4.57 Å². The monoisotopic (exact) mass is 720 g/mol. The van der Waals surface area contributed by atoms with Gasteiger partial charge in [0.2, 0.25) is 0 Å². The fourth-order valence-corrected chi connectivity index (χ4v) is 15.1. The third kappa shape index (κ3) is 6.27. The molecule has 4 unspecified atom stereocenters. The minimum Gasteiger partial charge on any atom is -0.309 e. The quantitative estimate of drug-likeness (QED) is 0.113. The molecule has 0 N–H and O–H groups in total.